The highest BCUT2D eigenvalue weighted by Crippen LogP contribution is 2.25. The summed E-state index contributed by atoms with van der Waals surface area (Å²) in [6.07, 6.45) is -1.06. The van der Waals surface area contributed by atoms with Gasteiger partial charge in [0.1, 0.15) is 6.17 Å². The maximum atomic E-state index is 13.8. The Morgan fingerprint density at radius 3 is 2.47 bits per heavy atom. The summed E-state index contributed by atoms with van der Waals surface area (Å²) in [5, 5.41) is 3.60. The van der Waals surface area contributed by atoms with Gasteiger partial charge >= 0.3 is 0 Å². The molecule has 0 aromatic heterocycles. The molecule has 15 heavy (non-hydrogen) atoms. The Balaban J connectivity index is 2.62. The van der Waals surface area contributed by atoms with Crippen LogP contribution in [-0.2, 0) is 0 Å². The normalized spacial score (nSPS) is 13.9. The van der Waals surface area contributed by atoms with E-state index in [0.717, 1.165) is 0 Å². The monoisotopic (exact) mass is 229 g/mol. The highest BCUT2D eigenvalue weighted by molar-refractivity contribution is 6.31. The minimum Gasteiger partial charge on any atom is -0.309 e. The molecule has 0 aliphatic rings. The number of rotatable bonds is 3. The van der Waals surface area contributed by atoms with E-state index in [-0.39, 0.29) is 12.1 Å². The molecule has 1 atom stereocenters. The van der Waals surface area contributed by atoms with Crippen molar-refractivity contribution in [2.75, 3.05) is 6.54 Å². The van der Waals surface area contributed by atoms with E-state index in [2.05, 4.69) is 5.32 Å². The summed E-state index contributed by atoms with van der Waals surface area (Å²) >= 11 is 5.90. The quantitative estimate of drug-likeness (QED) is 0.833. The summed E-state index contributed by atoms with van der Waals surface area (Å²) in [6.45, 7) is 6.30. The number of benzene rings is 1. The van der Waals surface area contributed by atoms with Gasteiger partial charge in [-0.05, 0) is 26.8 Å². The van der Waals surface area contributed by atoms with E-state index in [9.17, 15) is 4.39 Å². The topological polar surface area (TPSA) is 12.0 Å². The van der Waals surface area contributed by atoms with Gasteiger partial charge in [-0.15, -0.1) is 0 Å². The van der Waals surface area contributed by atoms with Crippen molar-refractivity contribution < 1.29 is 4.39 Å². The van der Waals surface area contributed by atoms with E-state index in [1.807, 2.05) is 20.8 Å². The molecule has 1 rings (SSSR count). The standard InChI is InChI=1S/C12H17ClFN/c1-12(2,3)15-8-11(14)9-6-4-5-7-10(9)13/h4-7,11,15H,8H2,1-3H3. The van der Waals surface area contributed by atoms with E-state index >= 15 is 0 Å². The van der Waals surface area contributed by atoms with Crippen LogP contribution < -0.4 is 5.32 Å². The third kappa shape index (κ3) is 4.18. The Bertz CT molecular complexity index is 320. The van der Waals surface area contributed by atoms with E-state index in [4.69, 9.17) is 11.6 Å². The number of hydrogen-bond donors (Lipinski definition) is 1. The van der Waals surface area contributed by atoms with Gasteiger partial charge in [-0.25, -0.2) is 4.39 Å². The van der Waals surface area contributed by atoms with E-state index in [1.54, 1.807) is 24.3 Å². The van der Waals surface area contributed by atoms with Crippen LogP contribution in [0.5, 0.6) is 0 Å². The Morgan fingerprint density at radius 2 is 1.93 bits per heavy atom. The molecule has 1 N–H and O–H groups in total. The Hall–Kier alpha value is -0.600. The van der Waals surface area contributed by atoms with Crippen molar-refractivity contribution in [3.05, 3.63) is 34.9 Å². The van der Waals surface area contributed by atoms with Crippen LogP contribution in [0.2, 0.25) is 5.02 Å². The second kappa shape index (κ2) is 4.95. The van der Waals surface area contributed by atoms with Crippen LogP contribution in [0, 0.1) is 0 Å². The molecule has 1 unspecified atom stereocenters. The predicted molar refractivity (Wildman–Crippen MR) is 63.1 cm³/mol. The van der Waals surface area contributed by atoms with E-state index < -0.39 is 6.17 Å². The van der Waals surface area contributed by atoms with Crippen molar-refractivity contribution in [3.63, 3.8) is 0 Å². The molecule has 0 bridgehead atoms. The zero-order valence-corrected chi connectivity index (χ0v) is 10.1. The number of nitrogens with one attached hydrogen (secondary N) is 1. The molecular weight excluding hydrogens is 213 g/mol. The molecule has 0 saturated heterocycles. The van der Waals surface area contributed by atoms with Crippen molar-refractivity contribution in [1.82, 2.24) is 5.32 Å². The molecule has 0 aliphatic heterocycles. The van der Waals surface area contributed by atoms with Crippen LogP contribution >= 0.6 is 11.6 Å². The lowest BCUT2D eigenvalue weighted by molar-refractivity contribution is 0.291. The van der Waals surface area contributed by atoms with Gasteiger partial charge in [0.2, 0.25) is 0 Å². The van der Waals surface area contributed by atoms with Gasteiger partial charge in [-0.2, -0.15) is 0 Å². The average molecular weight is 230 g/mol. The fraction of sp³-hybridized carbons (Fsp3) is 0.500. The van der Waals surface area contributed by atoms with Gasteiger partial charge in [0, 0.05) is 22.7 Å². The lowest BCUT2D eigenvalue weighted by Crippen LogP contribution is -2.37. The Labute approximate surface area is 95.6 Å². The summed E-state index contributed by atoms with van der Waals surface area (Å²) in [4.78, 5) is 0. The smallest absolute Gasteiger partial charge is 0.139 e. The van der Waals surface area contributed by atoms with Gasteiger partial charge < -0.3 is 5.32 Å². The van der Waals surface area contributed by atoms with Gasteiger partial charge in [0.15, 0.2) is 0 Å². The molecule has 0 aliphatic carbocycles. The van der Waals surface area contributed by atoms with Crippen molar-refractivity contribution in [2.24, 2.45) is 0 Å². The van der Waals surface area contributed by atoms with Crippen molar-refractivity contribution in [1.29, 1.82) is 0 Å². The van der Waals surface area contributed by atoms with Crippen LogP contribution in [0.4, 0.5) is 4.39 Å². The SMILES string of the molecule is CC(C)(C)NCC(F)c1ccccc1Cl. The van der Waals surface area contributed by atoms with Gasteiger partial charge in [-0.1, -0.05) is 29.8 Å². The second-order valence-electron chi connectivity index (χ2n) is 4.62. The molecule has 0 saturated carbocycles. The molecule has 0 heterocycles. The molecule has 0 spiro atoms. The van der Waals surface area contributed by atoms with Crippen LogP contribution in [0.15, 0.2) is 24.3 Å². The third-order valence-corrected chi connectivity index (χ3v) is 2.40. The molecule has 0 amide bonds. The highest BCUT2D eigenvalue weighted by Gasteiger charge is 2.16. The summed E-state index contributed by atoms with van der Waals surface area (Å²) in [6, 6.07) is 7.03. The fourth-order valence-electron chi connectivity index (χ4n) is 1.23. The number of alkyl halides is 1. The van der Waals surface area contributed by atoms with E-state index in [0.29, 0.717) is 10.6 Å². The van der Waals surface area contributed by atoms with Crippen LogP contribution in [0.25, 0.3) is 0 Å². The zero-order chi connectivity index (χ0) is 11.5. The second-order valence-corrected chi connectivity index (χ2v) is 5.03. The van der Waals surface area contributed by atoms with Gasteiger partial charge in [-0.3, -0.25) is 0 Å². The van der Waals surface area contributed by atoms with E-state index in [1.165, 1.54) is 0 Å². The van der Waals surface area contributed by atoms with Crippen molar-refractivity contribution >= 4 is 11.6 Å². The zero-order valence-electron chi connectivity index (χ0n) is 9.35. The van der Waals surface area contributed by atoms with Gasteiger partial charge in [0.05, 0.1) is 0 Å². The Morgan fingerprint density at radius 1 is 1.33 bits per heavy atom. The first-order valence-corrected chi connectivity index (χ1v) is 5.41. The fourth-order valence-corrected chi connectivity index (χ4v) is 1.49. The molecule has 1 aromatic rings. The summed E-state index contributed by atoms with van der Waals surface area (Å²) in [5.74, 6) is 0. The summed E-state index contributed by atoms with van der Waals surface area (Å²) in [7, 11) is 0. The number of halogens is 2. The molecule has 3 heteroatoms. The first kappa shape index (κ1) is 12.5. The molecular formula is C12H17ClFN. The summed E-state index contributed by atoms with van der Waals surface area (Å²) in [5.41, 5.74) is 0.474. The van der Waals surface area contributed by atoms with Crippen LogP contribution in [0.1, 0.15) is 32.5 Å². The highest BCUT2D eigenvalue weighted by atomic mass is 35.5. The number of hydrogen-bond acceptors (Lipinski definition) is 1. The van der Waals surface area contributed by atoms with Gasteiger partial charge in [0.25, 0.3) is 0 Å². The largest absolute Gasteiger partial charge is 0.309 e. The van der Waals surface area contributed by atoms with Crippen molar-refractivity contribution in [2.45, 2.75) is 32.5 Å². The maximum absolute atomic E-state index is 13.8. The molecule has 1 nitrogen and oxygen atoms in total. The summed E-state index contributed by atoms with van der Waals surface area (Å²) < 4.78 is 13.8. The van der Waals surface area contributed by atoms with Crippen molar-refractivity contribution in [3.8, 4) is 0 Å². The van der Waals surface area contributed by atoms with Crippen LogP contribution in [-0.4, -0.2) is 12.1 Å². The average Bonchev–Trinajstić information content (AvgIpc) is 2.14. The molecule has 0 radical (unpaired) electrons. The molecule has 0 fully saturated rings. The predicted octanol–water partition coefficient (Wildman–Crippen LogP) is 3.74. The minimum atomic E-state index is -1.06. The lowest BCUT2D eigenvalue weighted by atomic mass is 10.1. The minimum absolute atomic E-state index is 0.0778. The molecule has 1 aromatic carbocycles. The third-order valence-electron chi connectivity index (χ3n) is 2.05. The first-order chi connectivity index (χ1) is 6.90. The lowest BCUT2D eigenvalue weighted by Gasteiger charge is -2.22. The Kier molecular flexibility index (Phi) is 4.12. The molecule has 84 valence electrons. The van der Waals surface area contributed by atoms with Crippen LogP contribution in [0.3, 0.4) is 0 Å². The first-order valence-electron chi connectivity index (χ1n) is 5.04. The maximum Gasteiger partial charge on any atom is 0.139 e.